The molecular weight excluding hydrogens is 447 g/mol. The molecule has 0 unspecified atom stereocenters. The summed E-state index contributed by atoms with van der Waals surface area (Å²) in [5.74, 6) is 0.437. The van der Waals surface area contributed by atoms with Crippen LogP contribution in [0.25, 0.3) is 0 Å². The summed E-state index contributed by atoms with van der Waals surface area (Å²) in [4.78, 5) is 26.8. The molecule has 188 valence electrons. The first-order valence-electron chi connectivity index (χ1n) is 12.6. The van der Waals surface area contributed by atoms with Gasteiger partial charge in [0.15, 0.2) is 0 Å². The topological polar surface area (TPSA) is 82.6 Å². The van der Waals surface area contributed by atoms with Gasteiger partial charge in [-0.05, 0) is 52.1 Å². The maximum atomic E-state index is 14.1. The van der Waals surface area contributed by atoms with Gasteiger partial charge in [0.2, 0.25) is 5.95 Å². The fourth-order valence-electron chi connectivity index (χ4n) is 5.40. The van der Waals surface area contributed by atoms with E-state index in [0.29, 0.717) is 37.2 Å². The molecule has 2 fully saturated rings. The van der Waals surface area contributed by atoms with E-state index in [2.05, 4.69) is 20.5 Å². The molecule has 8 nitrogen and oxygen atoms in total. The van der Waals surface area contributed by atoms with Crippen molar-refractivity contribution in [3.05, 3.63) is 53.1 Å². The average molecular weight is 483 g/mol. The molecule has 1 aromatic heterocycles. The van der Waals surface area contributed by atoms with E-state index in [1.807, 2.05) is 37.1 Å². The Labute approximate surface area is 206 Å². The molecule has 9 heteroatoms. The molecule has 0 aliphatic carbocycles. The first-order valence-corrected chi connectivity index (χ1v) is 12.6. The van der Waals surface area contributed by atoms with Gasteiger partial charge in [0.1, 0.15) is 5.82 Å². The number of urea groups is 1. The highest BCUT2D eigenvalue weighted by Crippen LogP contribution is 2.38. The van der Waals surface area contributed by atoms with Crippen LogP contribution in [0.5, 0.6) is 0 Å². The lowest BCUT2D eigenvalue weighted by Crippen LogP contribution is -2.53. The van der Waals surface area contributed by atoms with E-state index >= 15 is 0 Å². The number of carbonyl (C=O) groups excluding carboxylic acids is 1. The Morgan fingerprint density at radius 2 is 2.00 bits per heavy atom. The van der Waals surface area contributed by atoms with Gasteiger partial charge in [0.05, 0.1) is 17.8 Å². The highest BCUT2D eigenvalue weighted by Gasteiger charge is 2.42. The molecular formula is C26H35FN6O2. The van der Waals surface area contributed by atoms with Gasteiger partial charge in [-0.25, -0.2) is 19.2 Å². The van der Waals surface area contributed by atoms with Crippen molar-refractivity contribution in [3.8, 4) is 0 Å². The van der Waals surface area contributed by atoms with Crippen molar-refractivity contribution < 1.29 is 13.9 Å². The van der Waals surface area contributed by atoms with Crippen molar-refractivity contribution in [2.24, 2.45) is 0 Å². The smallest absolute Gasteiger partial charge is 0.318 e. The highest BCUT2D eigenvalue weighted by molar-refractivity contribution is 5.76. The number of rotatable bonds is 5. The van der Waals surface area contributed by atoms with E-state index in [-0.39, 0.29) is 17.9 Å². The standard InChI is InChI=1S/C26H35FN6O2/c1-26(2)21-14-28-24(29-19-9-12-35-13-10-19)31-23(21)17-33(26)25(34)30-20-7-5-11-32(16-20)15-18-6-3-4-8-22(18)27/h3-4,6,8,14,19-20H,5,7,9-13,15-17H2,1-2H3,(H,30,34)(H,28,29,31)/t20-/m1/s1. The summed E-state index contributed by atoms with van der Waals surface area (Å²) in [6.07, 6.45) is 5.62. The minimum Gasteiger partial charge on any atom is -0.381 e. The highest BCUT2D eigenvalue weighted by atomic mass is 19.1. The number of nitrogens with zero attached hydrogens (tertiary/aromatic N) is 4. The molecule has 2 saturated heterocycles. The van der Waals surface area contributed by atoms with Crippen LogP contribution in [-0.4, -0.2) is 64.2 Å². The van der Waals surface area contributed by atoms with Crippen molar-refractivity contribution in [2.75, 3.05) is 31.6 Å². The third kappa shape index (κ3) is 5.26. The summed E-state index contributed by atoms with van der Waals surface area (Å²) < 4.78 is 19.5. The van der Waals surface area contributed by atoms with Crippen molar-refractivity contribution in [1.82, 2.24) is 25.1 Å². The third-order valence-corrected chi connectivity index (χ3v) is 7.49. The molecule has 5 rings (SSSR count). The molecule has 3 aliphatic rings. The quantitative estimate of drug-likeness (QED) is 0.677. The molecule has 0 radical (unpaired) electrons. The predicted molar refractivity (Wildman–Crippen MR) is 131 cm³/mol. The van der Waals surface area contributed by atoms with Gasteiger partial charge in [0, 0.05) is 55.7 Å². The van der Waals surface area contributed by atoms with Crippen LogP contribution in [0.1, 0.15) is 56.4 Å². The van der Waals surface area contributed by atoms with Crippen LogP contribution in [0, 0.1) is 5.82 Å². The fraction of sp³-hybridized carbons (Fsp3) is 0.577. The van der Waals surface area contributed by atoms with Crippen LogP contribution in [0.15, 0.2) is 30.5 Å². The number of ether oxygens (including phenoxy) is 1. The number of halogens is 1. The minimum absolute atomic E-state index is 0.0272. The molecule has 2 amide bonds. The maximum Gasteiger partial charge on any atom is 0.318 e. The normalized spacial score (nSPS) is 22.6. The SMILES string of the molecule is CC1(C)c2cnc(NC3CCOCC3)nc2CN1C(=O)N[C@@H]1CCCN(Cc2ccccc2F)C1. The lowest BCUT2D eigenvalue weighted by atomic mass is 9.97. The summed E-state index contributed by atoms with van der Waals surface area (Å²) in [6.45, 7) is 8.20. The molecule has 3 aliphatic heterocycles. The Bertz CT molecular complexity index is 1060. The summed E-state index contributed by atoms with van der Waals surface area (Å²) in [7, 11) is 0. The minimum atomic E-state index is -0.502. The first-order chi connectivity index (χ1) is 16.9. The van der Waals surface area contributed by atoms with Crippen molar-refractivity contribution in [2.45, 2.75) is 70.2 Å². The second-order valence-corrected chi connectivity index (χ2v) is 10.3. The Kier molecular flexibility index (Phi) is 6.88. The zero-order valence-electron chi connectivity index (χ0n) is 20.6. The van der Waals surface area contributed by atoms with E-state index < -0.39 is 5.54 Å². The van der Waals surface area contributed by atoms with Gasteiger partial charge < -0.3 is 20.3 Å². The number of amides is 2. The van der Waals surface area contributed by atoms with Gasteiger partial charge in [-0.1, -0.05) is 18.2 Å². The second kappa shape index (κ2) is 10.1. The van der Waals surface area contributed by atoms with E-state index in [0.717, 1.165) is 56.7 Å². The molecule has 4 heterocycles. The van der Waals surface area contributed by atoms with E-state index in [9.17, 15) is 9.18 Å². The third-order valence-electron chi connectivity index (χ3n) is 7.49. The van der Waals surface area contributed by atoms with Crippen LogP contribution in [0.3, 0.4) is 0 Å². The summed E-state index contributed by atoms with van der Waals surface area (Å²) in [5.41, 5.74) is 2.06. The zero-order chi connectivity index (χ0) is 24.4. The molecule has 1 atom stereocenters. The van der Waals surface area contributed by atoms with E-state index in [1.165, 1.54) is 6.07 Å². The van der Waals surface area contributed by atoms with Crippen molar-refractivity contribution in [3.63, 3.8) is 0 Å². The molecule has 1 aromatic carbocycles. The summed E-state index contributed by atoms with van der Waals surface area (Å²) in [6, 6.07) is 7.15. The number of anilines is 1. The van der Waals surface area contributed by atoms with Crippen LogP contribution < -0.4 is 10.6 Å². The van der Waals surface area contributed by atoms with Gasteiger partial charge in [-0.15, -0.1) is 0 Å². The Morgan fingerprint density at radius 1 is 1.20 bits per heavy atom. The first kappa shape index (κ1) is 23.9. The van der Waals surface area contributed by atoms with Crippen molar-refractivity contribution >= 4 is 12.0 Å². The number of carbonyl (C=O) groups is 1. The molecule has 0 spiro atoms. The number of nitrogens with one attached hydrogen (secondary N) is 2. The van der Waals surface area contributed by atoms with Gasteiger partial charge in [0.25, 0.3) is 0 Å². The number of hydrogen-bond acceptors (Lipinski definition) is 6. The summed E-state index contributed by atoms with van der Waals surface area (Å²) >= 11 is 0. The second-order valence-electron chi connectivity index (χ2n) is 10.3. The van der Waals surface area contributed by atoms with E-state index in [4.69, 9.17) is 9.72 Å². The molecule has 0 saturated carbocycles. The Hall–Kier alpha value is -2.78. The number of aromatic nitrogens is 2. The maximum absolute atomic E-state index is 14.1. The number of fused-ring (bicyclic) bond motifs is 1. The van der Waals surface area contributed by atoms with Gasteiger partial charge in [-0.3, -0.25) is 4.90 Å². The van der Waals surface area contributed by atoms with Gasteiger partial charge >= 0.3 is 6.03 Å². The summed E-state index contributed by atoms with van der Waals surface area (Å²) in [5, 5.41) is 6.66. The molecule has 2 N–H and O–H groups in total. The van der Waals surface area contributed by atoms with Crippen molar-refractivity contribution in [1.29, 1.82) is 0 Å². The Balaban J connectivity index is 1.21. The van der Waals surface area contributed by atoms with Crippen LogP contribution in [-0.2, 0) is 23.4 Å². The fourth-order valence-corrected chi connectivity index (χ4v) is 5.40. The number of benzene rings is 1. The van der Waals surface area contributed by atoms with E-state index in [1.54, 1.807) is 6.07 Å². The molecule has 2 aromatic rings. The largest absolute Gasteiger partial charge is 0.381 e. The number of hydrogen-bond donors (Lipinski definition) is 2. The lowest BCUT2D eigenvalue weighted by Gasteiger charge is -2.37. The lowest BCUT2D eigenvalue weighted by molar-refractivity contribution is 0.0903. The number of likely N-dealkylation sites (tertiary alicyclic amines) is 1. The molecule has 0 bridgehead atoms. The number of piperidine rings is 1. The predicted octanol–water partition coefficient (Wildman–Crippen LogP) is 3.63. The van der Waals surface area contributed by atoms with Crippen LogP contribution >= 0.6 is 0 Å². The van der Waals surface area contributed by atoms with Crippen LogP contribution in [0.2, 0.25) is 0 Å². The average Bonchev–Trinajstić information content (AvgIpc) is 3.11. The Morgan fingerprint density at radius 3 is 2.80 bits per heavy atom. The van der Waals surface area contributed by atoms with Crippen LogP contribution in [0.4, 0.5) is 15.1 Å². The molecule has 35 heavy (non-hydrogen) atoms. The monoisotopic (exact) mass is 482 g/mol. The van der Waals surface area contributed by atoms with Gasteiger partial charge in [-0.2, -0.15) is 0 Å². The zero-order valence-corrected chi connectivity index (χ0v) is 20.6.